The Morgan fingerprint density at radius 3 is 2.35 bits per heavy atom. The number of ether oxygens (including phenoxy) is 4. The van der Waals surface area contributed by atoms with E-state index in [-0.39, 0.29) is 34.0 Å². The molecule has 196 valence electrons. The predicted octanol–water partition coefficient (Wildman–Crippen LogP) is 0.722. The molecule has 1 aliphatic heterocycles. The number of aromatic hydroxyl groups is 2. The van der Waals surface area contributed by atoms with Crippen molar-refractivity contribution >= 4 is 22.9 Å². The number of hydrogen-bond acceptors (Lipinski definition) is 12. The highest BCUT2D eigenvalue weighted by molar-refractivity contribution is 5.86. The van der Waals surface area contributed by atoms with Gasteiger partial charge in [-0.1, -0.05) is 0 Å². The third-order valence-electron chi connectivity index (χ3n) is 5.59. The van der Waals surface area contributed by atoms with Crippen molar-refractivity contribution in [2.75, 3.05) is 7.11 Å². The minimum absolute atomic E-state index is 0.0307. The van der Waals surface area contributed by atoms with Crippen LogP contribution in [0.25, 0.3) is 22.3 Å². The number of rotatable bonds is 6. The van der Waals surface area contributed by atoms with Crippen LogP contribution in [0.4, 0.5) is 0 Å². The molecular weight excluding hydrogens is 496 g/mol. The number of carbonyl (C=O) groups excluding carboxylic acids is 1. The minimum atomic E-state index is -1.94. The Kier molecular flexibility index (Phi) is 6.94. The van der Waals surface area contributed by atoms with Gasteiger partial charge in [-0.2, -0.15) is 0 Å². The maximum absolute atomic E-state index is 12.7. The summed E-state index contributed by atoms with van der Waals surface area (Å²) in [5.41, 5.74) is -0.454. The van der Waals surface area contributed by atoms with Crippen molar-refractivity contribution in [3.8, 4) is 34.3 Å². The molecule has 13 nitrogen and oxygen atoms in total. The number of aliphatic hydroxyl groups is 2. The van der Waals surface area contributed by atoms with Crippen molar-refractivity contribution in [1.82, 2.24) is 0 Å². The van der Waals surface area contributed by atoms with Crippen molar-refractivity contribution in [3.63, 3.8) is 0 Å². The molecule has 0 unspecified atom stereocenters. The number of carboxylic acids is 1. The second kappa shape index (κ2) is 9.97. The smallest absolute Gasteiger partial charge is 0.335 e. The Morgan fingerprint density at radius 2 is 1.73 bits per heavy atom. The van der Waals surface area contributed by atoms with Gasteiger partial charge in [0.1, 0.15) is 40.4 Å². The highest BCUT2D eigenvalue weighted by Gasteiger charge is 2.50. The fourth-order valence-corrected chi connectivity index (χ4v) is 3.88. The highest BCUT2D eigenvalue weighted by Crippen LogP contribution is 2.35. The standard InChI is InChI=1S/C24H22O13/c1-9(25)34-22-20(30)19(29)21(23(31)32)37-24(22)35-11-6-13(27)18-14(28)8-16(36-17(18)7-11)10-3-4-15(33-2)12(26)5-10/h3-8,19-22,24,26-27,29-30H,1-2H3,(H,31,32)/t19-,20-,21-,22+,24+/m0/s1. The largest absolute Gasteiger partial charge is 0.507 e. The number of phenols is 2. The van der Waals surface area contributed by atoms with Crippen LogP contribution in [0.5, 0.6) is 23.0 Å². The molecule has 0 bridgehead atoms. The van der Waals surface area contributed by atoms with Gasteiger partial charge in [0.2, 0.25) is 6.29 Å². The topological polar surface area (TPSA) is 202 Å². The molecule has 1 fully saturated rings. The highest BCUT2D eigenvalue weighted by atomic mass is 16.7. The van der Waals surface area contributed by atoms with E-state index in [9.17, 15) is 39.9 Å². The van der Waals surface area contributed by atoms with Gasteiger partial charge in [-0.05, 0) is 18.2 Å². The molecule has 0 amide bonds. The van der Waals surface area contributed by atoms with Crippen molar-refractivity contribution < 1.29 is 58.5 Å². The molecule has 0 saturated carbocycles. The molecule has 2 heterocycles. The summed E-state index contributed by atoms with van der Waals surface area (Å²) in [5, 5.41) is 50.1. The van der Waals surface area contributed by atoms with Crippen molar-refractivity contribution in [2.45, 2.75) is 37.6 Å². The Hall–Kier alpha value is -4.33. The summed E-state index contributed by atoms with van der Waals surface area (Å²) < 4.78 is 26.5. The van der Waals surface area contributed by atoms with E-state index in [1.54, 1.807) is 0 Å². The summed E-state index contributed by atoms with van der Waals surface area (Å²) in [4.78, 5) is 35.7. The van der Waals surface area contributed by atoms with Gasteiger partial charge >= 0.3 is 11.9 Å². The zero-order valence-corrected chi connectivity index (χ0v) is 19.4. The number of methoxy groups -OCH3 is 1. The van der Waals surface area contributed by atoms with E-state index in [2.05, 4.69) is 0 Å². The number of phenolic OH excluding ortho intramolecular Hbond substituents is 2. The van der Waals surface area contributed by atoms with Gasteiger partial charge in [0.05, 0.1) is 7.11 Å². The summed E-state index contributed by atoms with van der Waals surface area (Å²) in [7, 11) is 1.37. The van der Waals surface area contributed by atoms with Crippen LogP contribution in [0.3, 0.4) is 0 Å². The maximum atomic E-state index is 12.7. The van der Waals surface area contributed by atoms with E-state index < -0.39 is 53.8 Å². The lowest BCUT2D eigenvalue weighted by atomic mass is 9.98. The van der Waals surface area contributed by atoms with Gasteiger partial charge in [0.15, 0.2) is 29.1 Å². The van der Waals surface area contributed by atoms with Crippen molar-refractivity contribution in [1.29, 1.82) is 0 Å². The summed E-state index contributed by atoms with van der Waals surface area (Å²) >= 11 is 0. The van der Waals surface area contributed by atoms with E-state index in [1.165, 1.54) is 31.4 Å². The van der Waals surface area contributed by atoms with Crippen LogP contribution in [-0.2, 0) is 19.1 Å². The molecular formula is C24H22O13. The van der Waals surface area contributed by atoms with Gasteiger partial charge in [0, 0.05) is 30.7 Å². The molecule has 1 aromatic heterocycles. The molecule has 0 spiro atoms. The van der Waals surface area contributed by atoms with E-state index in [0.717, 1.165) is 19.1 Å². The van der Waals surface area contributed by atoms with Gasteiger partial charge in [0.25, 0.3) is 0 Å². The first-order chi connectivity index (χ1) is 17.5. The molecule has 0 radical (unpaired) electrons. The molecule has 1 saturated heterocycles. The second-order valence-electron chi connectivity index (χ2n) is 8.11. The van der Waals surface area contributed by atoms with Gasteiger partial charge in [-0.25, -0.2) is 4.79 Å². The Balaban J connectivity index is 1.74. The third-order valence-corrected chi connectivity index (χ3v) is 5.59. The maximum Gasteiger partial charge on any atom is 0.335 e. The lowest BCUT2D eigenvalue weighted by Gasteiger charge is -2.40. The third kappa shape index (κ3) is 5.00. The molecule has 13 heteroatoms. The number of hydrogen-bond donors (Lipinski definition) is 5. The summed E-state index contributed by atoms with van der Waals surface area (Å²) in [6.45, 7) is 1.02. The van der Waals surface area contributed by atoms with Gasteiger partial charge in [-0.3, -0.25) is 9.59 Å². The monoisotopic (exact) mass is 518 g/mol. The molecule has 4 rings (SSSR count). The predicted molar refractivity (Wildman–Crippen MR) is 122 cm³/mol. The SMILES string of the molecule is COc1ccc(-c2cc(=O)c3c(O)cc(O[C@@H]4O[C@H](C(=O)O)[C@@H](O)[C@H](O)[C@H]4OC(C)=O)cc3o2)cc1O. The number of benzene rings is 2. The van der Waals surface area contributed by atoms with Crippen molar-refractivity contribution in [3.05, 3.63) is 46.6 Å². The average molecular weight is 518 g/mol. The molecule has 3 aromatic rings. The molecule has 37 heavy (non-hydrogen) atoms. The average Bonchev–Trinajstić information content (AvgIpc) is 2.82. The van der Waals surface area contributed by atoms with Crippen LogP contribution in [0.2, 0.25) is 0 Å². The Morgan fingerprint density at radius 1 is 1.00 bits per heavy atom. The second-order valence-corrected chi connectivity index (χ2v) is 8.11. The van der Waals surface area contributed by atoms with Crippen LogP contribution in [0.1, 0.15) is 6.92 Å². The van der Waals surface area contributed by atoms with Crippen molar-refractivity contribution in [2.24, 2.45) is 0 Å². The number of aliphatic carboxylic acids is 1. The number of fused-ring (bicyclic) bond motifs is 1. The molecule has 2 aromatic carbocycles. The van der Waals surface area contributed by atoms with E-state index in [0.29, 0.717) is 5.56 Å². The Bertz CT molecular complexity index is 1410. The van der Waals surface area contributed by atoms with Crippen LogP contribution in [0, 0.1) is 0 Å². The number of carboxylic acid groups (broad SMARTS) is 1. The number of aliphatic hydroxyl groups excluding tert-OH is 2. The lowest BCUT2D eigenvalue weighted by Crippen LogP contribution is -2.62. The molecule has 0 aliphatic carbocycles. The van der Waals surface area contributed by atoms with E-state index in [1.807, 2.05) is 0 Å². The zero-order valence-electron chi connectivity index (χ0n) is 19.4. The first-order valence-corrected chi connectivity index (χ1v) is 10.8. The molecule has 1 aliphatic rings. The zero-order chi connectivity index (χ0) is 27.0. The van der Waals surface area contributed by atoms with Crippen LogP contribution >= 0.6 is 0 Å². The summed E-state index contributed by atoms with van der Waals surface area (Å²) in [5.74, 6) is -3.23. The fraction of sp³-hybridized carbons (Fsp3) is 0.292. The molecule has 5 N–H and O–H groups in total. The fourth-order valence-electron chi connectivity index (χ4n) is 3.88. The first kappa shape index (κ1) is 25.8. The van der Waals surface area contributed by atoms with Crippen LogP contribution < -0.4 is 14.9 Å². The van der Waals surface area contributed by atoms with Gasteiger partial charge in [-0.15, -0.1) is 0 Å². The van der Waals surface area contributed by atoms with E-state index >= 15 is 0 Å². The lowest BCUT2D eigenvalue weighted by molar-refractivity contribution is -0.275. The van der Waals surface area contributed by atoms with Crippen LogP contribution in [0.15, 0.2) is 45.6 Å². The van der Waals surface area contributed by atoms with E-state index in [4.69, 9.17) is 23.4 Å². The summed E-state index contributed by atoms with van der Waals surface area (Å²) in [6.07, 6.45) is -9.11. The number of carbonyl (C=O) groups is 2. The minimum Gasteiger partial charge on any atom is -0.507 e. The van der Waals surface area contributed by atoms with Gasteiger partial charge < -0.3 is 48.9 Å². The molecule has 5 atom stereocenters. The quantitative estimate of drug-likeness (QED) is 0.286. The summed E-state index contributed by atoms with van der Waals surface area (Å²) in [6, 6.07) is 7.60. The normalized spacial score (nSPS) is 23.4. The number of esters is 1. The first-order valence-electron chi connectivity index (χ1n) is 10.8. The Labute approximate surface area is 207 Å². The van der Waals surface area contributed by atoms with Crippen LogP contribution in [-0.4, -0.2) is 75.3 Å².